The molecular formula is C12H29N3. The molecule has 0 spiro atoms. The number of hydrogen-bond donors (Lipinski definition) is 2. The molecule has 0 fully saturated rings. The van der Waals surface area contributed by atoms with E-state index in [1.807, 2.05) is 0 Å². The van der Waals surface area contributed by atoms with Gasteiger partial charge in [-0.25, -0.2) is 0 Å². The monoisotopic (exact) mass is 215 g/mol. The summed E-state index contributed by atoms with van der Waals surface area (Å²) in [7, 11) is 2.14. The molecule has 0 aromatic carbocycles. The molecule has 0 saturated heterocycles. The van der Waals surface area contributed by atoms with Gasteiger partial charge in [-0.3, -0.25) is 4.90 Å². The van der Waals surface area contributed by atoms with Crippen LogP contribution in [0, 0.1) is 0 Å². The summed E-state index contributed by atoms with van der Waals surface area (Å²) in [6, 6.07) is 0.498. The number of nitrogens with one attached hydrogen (secondary N) is 2. The first kappa shape index (κ1) is 14.9. The van der Waals surface area contributed by atoms with Gasteiger partial charge in [-0.1, -0.05) is 6.92 Å². The van der Waals surface area contributed by atoms with E-state index in [1.165, 1.54) is 0 Å². The topological polar surface area (TPSA) is 27.3 Å². The highest BCUT2D eigenvalue weighted by atomic mass is 15.2. The summed E-state index contributed by atoms with van der Waals surface area (Å²) < 4.78 is 0. The van der Waals surface area contributed by atoms with Gasteiger partial charge in [-0.05, 0) is 48.2 Å². The Morgan fingerprint density at radius 3 is 2.13 bits per heavy atom. The maximum absolute atomic E-state index is 3.55. The van der Waals surface area contributed by atoms with Gasteiger partial charge < -0.3 is 10.6 Å². The minimum Gasteiger partial charge on any atom is -0.308 e. The molecule has 0 aliphatic heterocycles. The smallest absolute Gasteiger partial charge is 0.0565 e. The van der Waals surface area contributed by atoms with E-state index in [1.54, 1.807) is 0 Å². The van der Waals surface area contributed by atoms with Crippen LogP contribution in [0.3, 0.4) is 0 Å². The maximum Gasteiger partial charge on any atom is 0.0565 e. The van der Waals surface area contributed by atoms with Crippen molar-refractivity contribution >= 4 is 0 Å². The SMILES string of the molecule is CCN(C)C(C)NCC(C)NC(C)(C)C. The molecule has 0 aliphatic carbocycles. The van der Waals surface area contributed by atoms with Crippen LogP contribution >= 0.6 is 0 Å². The van der Waals surface area contributed by atoms with Gasteiger partial charge >= 0.3 is 0 Å². The molecule has 2 N–H and O–H groups in total. The second-order valence-electron chi connectivity index (χ2n) is 5.45. The van der Waals surface area contributed by atoms with E-state index in [2.05, 4.69) is 64.1 Å². The summed E-state index contributed by atoms with van der Waals surface area (Å²) in [6.45, 7) is 15.3. The molecule has 0 rings (SSSR count). The van der Waals surface area contributed by atoms with Crippen molar-refractivity contribution in [2.45, 2.75) is 59.3 Å². The van der Waals surface area contributed by atoms with Crippen LogP contribution in [0.4, 0.5) is 0 Å². The third-order valence-electron chi connectivity index (χ3n) is 2.56. The van der Waals surface area contributed by atoms with Crippen molar-refractivity contribution in [3.63, 3.8) is 0 Å². The Morgan fingerprint density at radius 2 is 1.73 bits per heavy atom. The minimum atomic E-state index is 0.195. The fourth-order valence-electron chi connectivity index (χ4n) is 1.57. The third-order valence-corrected chi connectivity index (χ3v) is 2.56. The van der Waals surface area contributed by atoms with Crippen LogP contribution in [-0.2, 0) is 0 Å². The molecule has 2 atom stereocenters. The lowest BCUT2D eigenvalue weighted by Crippen LogP contribution is -2.50. The van der Waals surface area contributed by atoms with E-state index in [9.17, 15) is 0 Å². The van der Waals surface area contributed by atoms with Gasteiger partial charge in [0.2, 0.25) is 0 Å². The highest BCUT2D eigenvalue weighted by Gasteiger charge is 2.14. The van der Waals surface area contributed by atoms with Gasteiger partial charge in [0.25, 0.3) is 0 Å². The highest BCUT2D eigenvalue weighted by molar-refractivity contribution is 4.77. The average molecular weight is 215 g/mol. The first-order valence-electron chi connectivity index (χ1n) is 5.97. The Balaban J connectivity index is 3.76. The molecule has 3 heteroatoms. The normalized spacial score (nSPS) is 16.8. The summed E-state index contributed by atoms with van der Waals surface area (Å²) in [6.07, 6.45) is 0.444. The average Bonchev–Trinajstić information content (AvgIpc) is 2.10. The largest absolute Gasteiger partial charge is 0.308 e. The van der Waals surface area contributed by atoms with Crippen LogP contribution in [0.2, 0.25) is 0 Å². The Hall–Kier alpha value is -0.120. The van der Waals surface area contributed by atoms with E-state index in [0.29, 0.717) is 12.2 Å². The quantitative estimate of drug-likeness (QED) is 0.660. The minimum absolute atomic E-state index is 0.195. The third kappa shape index (κ3) is 7.77. The van der Waals surface area contributed by atoms with E-state index >= 15 is 0 Å². The Bertz CT molecular complexity index is 163. The van der Waals surface area contributed by atoms with Gasteiger partial charge in [0, 0.05) is 18.1 Å². The number of rotatable bonds is 6. The molecule has 0 aromatic heterocycles. The van der Waals surface area contributed by atoms with Gasteiger partial charge in [0.15, 0.2) is 0 Å². The Morgan fingerprint density at radius 1 is 1.20 bits per heavy atom. The molecular weight excluding hydrogens is 186 g/mol. The van der Waals surface area contributed by atoms with Crippen LogP contribution in [0.1, 0.15) is 41.5 Å². The molecule has 0 heterocycles. The summed E-state index contributed by atoms with van der Waals surface area (Å²) in [4.78, 5) is 2.30. The van der Waals surface area contributed by atoms with Crippen LogP contribution in [0.15, 0.2) is 0 Å². The first-order chi connectivity index (χ1) is 6.76. The Kier molecular flexibility index (Phi) is 6.41. The van der Waals surface area contributed by atoms with Crippen LogP contribution < -0.4 is 10.6 Å². The summed E-state index contributed by atoms with van der Waals surface area (Å²) >= 11 is 0. The molecule has 15 heavy (non-hydrogen) atoms. The predicted octanol–water partition coefficient (Wildman–Crippen LogP) is 1.65. The van der Waals surface area contributed by atoms with Crippen molar-refractivity contribution in [2.24, 2.45) is 0 Å². The predicted molar refractivity (Wildman–Crippen MR) is 68.1 cm³/mol. The molecule has 0 aliphatic rings. The van der Waals surface area contributed by atoms with E-state index < -0.39 is 0 Å². The van der Waals surface area contributed by atoms with Crippen molar-refractivity contribution < 1.29 is 0 Å². The van der Waals surface area contributed by atoms with Crippen molar-refractivity contribution in [3.8, 4) is 0 Å². The molecule has 0 amide bonds. The van der Waals surface area contributed by atoms with E-state index in [-0.39, 0.29) is 5.54 Å². The lowest BCUT2D eigenvalue weighted by atomic mass is 10.1. The molecule has 0 aromatic rings. The van der Waals surface area contributed by atoms with Gasteiger partial charge in [-0.15, -0.1) is 0 Å². The first-order valence-corrected chi connectivity index (χ1v) is 5.97. The van der Waals surface area contributed by atoms with Crippen molar-refractivity contribution in [1.29, 1.82) is 0 Å². The van der Waals surface area contributed by atoms with Crippen molar-refractivity contribution in [1.82, 2.24) is 15.5 Å². The lowest BCUT2D eigenvalue weighted by molar-refractivity contribution is 0.221. The highest BCUT2D eigenvalue weighted by Crippen LogP contribution is 2.00. The van der Waals surface area contributed by atoms with Gasteiger partial charge in [0.1, 0.15) is 0 Å². The van der Waals surface area contributed by atoms with Gasteiger partial charge in [-0.2, -0.15) is 0 Å². The molecule has 3 nitrogen and oxygen atoms in total. The molecule has 92 valence electrons. The van der Waals surface area contributed by atoms with Crippen molar-refractivity contribution in [3.05, 3.63) is 0 Å². The maximum atomic E-state index is 3.55. The van der Waals surface area contributed by atoms with Crippen LogP contribution in [0.5, 0.6) is 0 Å². The number of nitrogens with zero attached hydrogens (tertiary/aromatic N) is 1. The van der Waals surface area contributed by atoms with E-state index in [4.69, 9.17) is 0 Å². The molecule has 0 bridgehead atoms. The molecule has 0 radical (unpaired) electrons. The Labute approximate surface area is 95.6 Å². The lowest BCUT2D eigenvalue weighted by Gasteiger charge is -2.29. The van der Waals surface area contributed by atoms with Crippen LogP contribution in [-0.4, -0.2) is 42.8 Å². The zero-order chi connectivity index (χ0) is 12.1. The fourth-order valence-corrected chi connectivity index (χ4v) is 1.57. The van der Waals surface area contributed by atoms with Crippen molar-refractivity contribution in [2.75, 3.05) is 20.1 Å². The summed E-state index contributed by atoms with van der Waals surface area (Å²) in [5, 5.41) is 7.07. The zero-order valence-corrected chi connectivity index (χ0v) is 11.5. The number of hydrogen-bond acceptors (Lipinski definition) is 3. The second-order valence-corrected chi connectivity index (χ2v) is 5.45. The molecule has 0 saturated carbocycles. The second kappa shape index (κ2) is 6.46. The summed E-state index contributed by atoms with van der Waals surface area (Å²) in [5.41, 5.74) is 0.195. The van der Waals surface area contributed by atoms with E-state index in [0.717, 1.165) is 13.1 Å². The molecule has 2 unspecified atom stereocenters. The zero-order valence-electron chi connectivity index (χ0n) is 11.5. The summed E-state index contributed by atoms with van der Waals surface area (Å²) in [5.74, 6) is 0. The standard InChI is InChI=1S/C12H29N3/c1-8-15(7)11(3)13-9-10(2)14-12(4,5)6/h10-11,13-14H,8-9H2,1-7H3. The fraction of sp³-hybridized carbons (Fsp3) is 1.00. The van der Waals surface area contributed by atoms with Crippen LogP contribution in [0.25, 0.3) is 0 Å². The van der Waals surface area contributed by atoms with Gasteiger partial charge in [0.05, 0.1) is 6.17 Å².